The fourth-order valence-electron chi connectivity index (χ4n) is 3.41. The molecule has 3 unspecified atom stereocenters. The van der Waals surface area contributed by atoms with E-state index in [0.29, 0.717) is 6.67 Å². The van der Waals surface area contributed by atoms with Crippen LogP contribution >= 0.6 is 0 Å². The molecule has 0 aromatic heterocycles. The summed E-state index contributed by atoms with van der Waals surface area (Å²) in [6.45, 7) is 0.335. The molecule has 3 aliphatic rings. The predicted molar refractivity (Wildman–Crippen MR) is 75.6 cm³/mol. The molecule has 125 valence electrons. The number of likely N-dealkylation sites (N-methyl/N-ethyl adjacent to an activating group) is 1. The minimum Gasteiger partial charge on any atom is -0.394 e. The Labute approximate surface area is 129 Å². The molecule has 9 nitrogen and oxygen atoms in total. The van der Waals surface area contributed by atoms with E-state index in [1.807, 2.05) is 35.8 Å². The van der Waals surface area contributed by atoms with Gasteiger partial charge < -0.3 is 14.9 Å². The maximum Gasteiger partial charge on any atom is 0.250 e. The van der Waals surface area contributed by atoms with Crippen molar-refractivity contribution in [2.24, 2.45) is 0 Å². The van der Waals surface area contributed by atoms with Crippen molar-refractivity contribution in [1.82, 2.24) is 20.0 Å². The molecule has 0 aromatic carbocycles. The summed E-state index contributed by atoms with van der Waals surface area (Å²) < 4.78 is 5.71. The van der Waals surface area contributed by atoms with Gasteiger partial charge in [0.05, 0.1) is 19.4 Å². The zero-order chi connectivity index (χ0) is 16.0. The number of carbonyl (C=O) groups excluding carboxylic acids is 1. The van der Waals surface area contributed by atoms with Crippen LogP contribution in [0.15, 0.2) is 0 Å². The Morgan fingerprint density at radius 2 is 2.27 bits per heavy atom. The third-order valence-electron chi connectivity index (χ3n) is 4.63. The van der Waals surface area contributed by atoms with Gasteiger partial charge in [-0.05, 0) is 21.1 Å². The average molecular weight is 315 g/mol. The van der Waals surface area contributed by atoms with Crippen molar-refractivity contribution in [3.8, 4) is 0 Å². The van der Waals surface area contributed by atoms with Gasteiger partial charge in [0.25, 0.3) is 5.91 Å². The number of aliphatic hydroxyl groups excluding tert-OH is 2. The van der Waals surface area contributed by atoms with Crippen molar-refractivity contribution < 1.29 is 25.1 Å². The zero-order valence-corrected chi connectivity index (χ0v) is 13.1. The van der Waals surface area contributed by atoms with E-state index in [0.717, 1.165) is 0 Å². The summed E-state index contributed by atoms with van der Waals surface area (Å²) >= 11 is 0. The maximum atomic E-state index is 12.4. The van der Waals surface area contributed by atoms with Gasteiger partial charge >= 0.3 is 0 Å². The van der Waals surface area contributed by atoms with E-state index in [9.17, 15) is 15.0 Å². The van der Waals surface area contributed by atoms with Gasteiger partial charge in [-0.2, -0.15) is 0 Å². The van der Waals surface area contributed by atoms with Gasteiger partial charge in [0.1, 0.15) is 12.3 Å². The van der Waals surface area contributed by atoms with Gasteiger partial charge in [0, 0.05) is 6.42 Å². The number of nitrogens with one attached hydrogen (secondary N) is 1. The van der Waals surface area contributed by atoms with Gasteiger partial charge in [-0.3, -0.25) is 20.3 Å². The number of hydrogen-bond acceptors (Lipinski definition) is 7. The Morgan fingerprint density at radius 1 is 1.55 bits per heavy atom. The molecule has 3 rings (SSSR count). The van der Waals surface area contributed by atoms with Crippen molar-refractivity contribution >= 4 is 5.91 Å². The van der Waals surface area contributed by atoms with Crippen molar-refractivity contribution in [3.05, 3.63) is 6.42 Å². The number of ether oxygens (including phenoxy) is 1. The standard InChI is InChI=1S/C13H24N5O4/c1-16(2)13-14-11-10(12(21)15-13)17(3)6-18(11)9-4-7(20)8(5-19)22-9/h4,7-11,13-14,19-20H,5-6H2,1-3H3,(H,15,21)/p+1/t7-,8+,9+,10?,11?,13?/m0/s1. The minimum atomic E-state index is -0.790. The molecule has 0 spiro atoms. The largest absolute Gasteiger partial charge is 0.394 e. The summed E-state index contributed by atoms with van der Waals surface area (Å²) in [5, 5.41) is 24.2. The Balaban J connectivity index is 1.77. The van der Waals surface area contributed by atoms with Crippen LogP contribution in [0.3, 0.4) is 0 Å². The second-order valence-corrected chi connectivity index (χ2v) is 6.39. The second kappa shape index (κ2) is 6.00. The van der Waals surface area contributed by atoms with Crippen LogP contribution in [0.5, 0.6) is 0 Å². The summed E-state index contributed by atoms with van der Waals surface area (Å²) in [6.07, 6.45) is -0.352. The highest BCUT2D eigenvalue weighted by Crippen LogP contribution is 2.28. The number of amides is 1. The number of hydrogen-bond donors (Lipinski definition) is 4. The highest BCUT2D eigenvalue weighted by atomic mass is 16.5. The molecule has 0 aliphatic carbocycles. The lowest BCUT2D eigenvalue weighted by Crippen LogP contribution is -3.07. The molecule has 0 bridgehead atoms. The Hall–Kier alpha value is -0.810. The zero-order valence-electron chi connectivity index (χ0n) is 13.1. The van der Waals surface area contributed by atoms with Crippen LogP contribution in [0.4, 0.5) is 0 Å². The molecule has 1 amide bonds. The van der Waals surface area contributed by atoms with E-state index < -0.39 is 18.4 Å². The smallest absolute Gasteiger partial charge is 0.250 e. The molecular weight excluding hydrogens is 290 g/mol. The second-order valence-electron chi connectivity index (χ2n) is 6.39. The molecular formula is C13H25N5O4+. The number of nitrogens with two attached hydrogens (primary N) is 1. The predicted octanol–water partition coefficient (Wildman–Crippen LogP) is -4.29. The number of rotatable bonds is 3. The Morgan fingerprint density at radius 3 is 2.86 bits per heavy atom. The molecule has 3 heterocycles. The first-order valence-electron chi connectivity index (χ1n) is 7.49. The van der Waals surface area contributed by atoms with Crippen LogP contribution in [-0.4, -0.2) is 102 Å². The molecule has 22 heavy (non-hydrogen) atoms. The van der Waals surface area contributed by atoms with Crippen molar-refractivity contribution in [3.63, 3.8) is 0 Å². The van der Waals surface area contributed by atoms with Crippen LogP contribution in [0.1, 0.15) is 0 Å². The highest BCUT2D eigenvalue weighted by molar-refractivity contribution is 5.83. The van der Waals surface area contributed by atoms with E-state index in [1.165, 1.54) is 0 Å². The first-order valence-corrected chi connectivity index (χ1v) is 7.49. The van der Waals surface area contributed by atoms with Gasteiger partial charge in [-0.25, -0.2) is 9.80 Å². The van der Waals surface area contributed by atoms with Crippen LogP contribution in [0, 0.1) is 6.42 Å². The molecule has 0 saturated carbocycles. The summed E-state index contributed by atoms with van der Waals surface area (Å²) in [5.74, 6) is -0.00606. The highest BCUT2D eigenvalue weighted by Gasteiger charge is 2.54. The molecule has 1 radical (unpaired) electrons. The van der Waals surface area contributed by atoms with E-state index in [2.05, 4.69) is 10.6 Å². The lowest BCUT2D eigenvalue weighted by Gasteiger charge is -2.37. The normalized spacial score (nSPS) is 43.6. The topological polar surface area (TPSA) is 105 Å². The van der Waals surface area contributed by atoms with E-state index in [1.54, 1.807) is 6.42 Å². The van der Waals surface area contributed by atoms with Crippen LogP contribution in [0.2, 0.25) is 0 Å². The van der Waals surface area contributed by atoms with Gasteiger partial charge in [0.2, 0.25) is 6.29 Å². The lowest BCUT2D eigenvalue weighted by atomic mass is 10.1. The molecule has 3 fully saturated rings. The number of nitrogens with zero attached hydrogens (tertiary/aromatic N) is 3. The Bertz CT molecular complexity index is 437. The first-order chi connectivity index (χ1) is 10.4. The van der Waals surface area contributed by atoms with E-state index in [-0.39, 0.29) is 31.0 Å². The quantitative estimate of drug-likeness (QED) is 0.418. The number of carbonyl (C=O) groups is 1. The number of quaternary nitrogens is 1. The third-order valence-corrected chi connectivity index (χ3v) is 4.63. The third kappa shape index (κ3) is 2.62. The van der Waals surface area contributed by atoms with Crippen LogP contribution < -0.4 is 10.6 Å². The fraction of sp³-hybridized carbons (Fsp3) is 0.846. The lowest BCUT2D eigenvalue weighted by molar-refractivity contribution is -0.762. The summed E-state index contributed by atoms with van der Waals surface area (Å²) in [4.78, 5) is 18.3. The summed E-state index contributed by atoms with van der Waals surface area (Å²) in [7, 11) is 5.72. The molecule has 6 atom stereocenters. The molecule has 0 aromatic rings. The van der Waals surface area contributed by atoms with Crippen molar-refractivity contribution in [2.75, 3.05) is 34.4 Å². The van der Waals surface area contributed by atoms with Gasteiger partial charge in [-0.1, -0.05) is 0 Å². The molecule has 5 N–H and O–H groups in total. The van der Waals surface area contributed by atoms with Gasteiger partial charge in [-0.15, -0.1) is 0 Å². The first kappa shape index (κ1) is 16.1. The fourth-order valence-corrected chi connectivity index (χ4v) is 3.41. The Kier molecular flexibility index (Phi) is 4.38. The van der Waals surface area contributed by atoms with Crippen molar-refractivity contribution in [2.45, 2.75) is 36.9 Å². The van der Waals surface area contributed by atoms with Crippen molar-refractivity contribution in [1.29, 1.82) is 0 Å². The minimum absolute atomic E-state index is 0.00606. The molecule has 9 heteroatoms. The van der Waals surface area contributed by atoms with Gasteiger partial charge in [0.15, 0.2) is 12.2 Å². The summed E-state index contributed by atoms with van der Waals surface area (Å²) in [5.41, 5.74) is 0. The monoisotopic (exact) mass is 315 g/mol. The number of aliphatic hydroxyl groups is 2. The van der Waals surface area contributed by atoms with Crippen LogP contribution in [-0.2, 0) is 9.53 Å². The van der Waals surface area contributed by atoms with E-state index >= 15 is 0 Å². The summed E-state index contributed by atoms with van der Waals surface area (Å²) in [6, 6.07) is -0.265. The van der Waals surface area contributed by atoms with E-state index in [4.69, 9.17) is 4.74 Å². The molecule has 3 aliphatic heterocycles. The SMILES string of the molecule is CN(C)C1NC(=O)C2C([NH2+]1)N([C@H]1[CH][C@H](O)[C@@H](CO)O1)CN2C. The van der Waals surface area contributed by atoms with Crippen LogP contribution in [0.25, 0.3) is 0 Å². The molecule has 3 saturated heterocycles. The average Bonchev–Trinajstić information content (AvgIpc) is 2.99. The number of fused-ring (bicyclic) bond motifs is 1. The maximum absolute atomic E-state index is 12.4.